The largest absolute Gasteiger partial charge is 0.354 e. The van der Waals surface area contributed by atoms with Crippen LogP contribution in [0.15, 0.2) is 48.5 Å². The van der Waals surface area contributed by atoms with Crippen molar-refractivity contribution in [3.8, 4) is 0 Å². The maximum atomic E-state index is 13.0. The lowest BCUT2D eigenvalue weighted by Crippen LogP contribution is -2.35. The maximum Gasteiger partial charge on any atom is 0.241 e. The zero-order valence-electron chi connectivity index (χ0n) is 12.0. The van der Waals surface area contributed by atoms with Crippen molar-refractivity contribution < 1.29 is 9.18 Å². The van der Waals surface area contributed by atoms with E-state index < -0.39 is 6.04 Å². The van der Waals surface area contributed by atoms with Gasteiger partial charge in [0.1, 0.15) is 11.9 Å². The predicted octanol–water partition coefficient (Wildman–Crippen LogP) is 2.49. The molecule has 21 heavy (non-hydrogen) atoms. The number of carbonyl (C=O) groups excluding carboxylic acids is 1. The number of carbonyl (C=O) groups is 1. The van der Waals surface area contributed by atoms with E-state index in [1.165, 1.54) is 12.1 Å². The molecule has 0 fully saturated rings. The number of amides is 1. The molecule has 0 bridgehead atoms. The Labute approximate surface area is 124 Å². The van der Waals surface area contributed by atoms with Crippen LogP contribution >= 0.6 is 0 Å². The summed E-state index contributed by atoms with van der Waals surface area (Å²) in [5.74, 6) is -0.495. The molecule has 2 aromatic carbocycles. The Bertz CT molecular complexity index is 610. The van der Waals surface area contributed by atoms with Crippen molar-refractivity contribution in [1.82, 2.24) is 5.32 Å². The average Bonchev–Trinajstić information content (AvgIpc) is 2.47. The van der Waals surface area contributed by atoms with Gasteiger partial charge in [-0.3, -0.25) is 4.79 Å². The summed E-state index contributed by atoms with van der Waals surface area (Å²) in [6, 6.07) is 13.2. The van der Waals surface area contributed by atoms with Crippen LogP contribution in [0.2, 0.25) is 0 Å². The van der Waals surface area contributed by atoms with E-state index in [0.717, 1.165) is 16.7 Å². The standard InChI is InChI=1S/C17H19FN2O/c1-12-5-7-14(8-6-12)16(19)17(21)20-10-9-13-3-2-4-15(18)11-13/h2-8,11,16H,9-10,19H2,1H3,(H,20,21). The summed E-state index contributed by atoms with van der Waals surface area (Å²) in [6.07, 6.45) is 0.574. The van der Waals surface area contributed by atoms with Crippen molar-refractivity contribution in [2.24, 2.45) is 5.73 Å². The summed E-state index contributed by atoms with van der Waals surface area (Å²) in [4.78, 5) is 12.0. The number of nitrogens with one attached hydrogen (secondary N) is 1. The third-order valence-corrected chi connectivity index (χ3v) is 3.32. The minimum absolute atomic E-state index is 0.227. The number of hydrogen-bond donors (Lipinski definition) is 2. The van der Waals surface area contributed by atoms with Gasteiger partial charge in [-0.05, 0) is 36.6 Å². The monoisotopic (exact) mass is 286 g/mol. The van der Waals surface area contributed by atoms with Crippen LogP contribution in [0.1, 0.15) is 22.7 Å². The van der Waals surface area contributed by atoms with Gasteiger partial charge in [0.15, 0.2) is 0 Å². The Morgan fingerprint density at radius 1 is 1.24 bits per heavy atom. The van der Waals surface area contributed by atoms with E-state index in [4.69, 9.17) is 5.73 Å². The van der Waals surface area contributed by atoms with Gasteiger partial charge < -0.3 is 11.1 Å². The lowest BCUT2D eigenvalue weighted by molar-refractivity contribution is -0.122. The van der Waals surface area contributed by atoms with E-state index in [1.54, 1.807) is 6.07 Å². The topological polar surface area (TPSA) is 55.1 Å². The highest BCUT2D eigenvalue weighted by Crippen LogP contribution is 2.11. The molecule has 2 rings (SSSR count). The molecule has 110 valence electrons. The highest BCUT2D eigenvalue weighted by atomic mass is 19.1. The molecular weight excluding hydrogens is 267 g/mol. The van der Waals surface area contributed by atoms with Crippen molar-refractivity contribution in [1.29, 1.82) is 0 Å². The van der Waals surface area contributed by atoms with Gasteiger partial charge in [-0.2, -0.15) is 0 Å². The number of benzene rings is 2. The smallest absolute Gasteiger partial charge is 0.241 e. The van der Waals surface area contributed by atoms with Gasteiger partial charge in [0, 0.05) is 6.54 Å². The molecular formula is C17H19FN2O. The van der Waals surface area contributed by atoms with Crippen molar-refractivity contribution in [2.45, 2.75) is 19.4 Å². The van der Waals surface area contributed by atoms with E-state index >= 15 is 0 Å². The number of hydrogen-bond acceptors (Lipinski definition) is 2. The molecule has 0 aromatic heterocycles. The fraction of sp³-hybridized carbons (Fsp3) is 0.235. The molecule has 0 radical (unpaired) electrons. The first-order valence-corrected chi connectivity index (χ1v) is 6.90. The normalized spacial score (nSPS) is 12.0. The van der Waals surface area contributed by atoms with E-state index in [1.807, 2.05) is 37.3 Å². The van der Waals surface area contributed by atoms with Crippen LogP contribution < -0.4 is 11.1 Å². The second kappa shape index (κ2) is 6.99. The molecule has 0 aliphatic heterocycles. The molecule has 0 saturated carbocycles. The van der Waals surface area contributed by atoms with Crippen molar-refractivity contribution in [2.75, 3.05) is 6.54 Å². The molecule has 0 aliphatic rings. The summed E-state index contributed by atoms with van der Waals surface area (Å²) in [7, 11) is 0. The average molecular weight is 286 g/mol. The van der Waals surface area contributed by atoms with Crippen LogP contribution in [0.4, 0.5) is 4.39 Å². The van der Waals surface area contributed by atoms with Crippen molar-refractivity contribution in [3.63, 3.8) is 0 Å². The third kappa shape index (κ3) is 4.39. The summed E-state index contributed by atoms with van der Waals surface area (Å²) in [6.45, 7) is 2.41. The number of nitrogens with two attached hydrogens (primary N) is 1. The summed E-state index contributed by atoms with van der Waals surface area (Å²) in [5, 5.41) is 2.78. The molecule has 1 amide bonds. The zero-order chi connectivity index (χ0) is 15.2. The molecule has 2 aromatic rings. The molecule has 1 unspecified atom stereocenters. The summed E-state index contributed by atoms with van der Waals surface area (Å²) >= 11 is 0. The van der Waals surface area contributed by atoms with E-state index in [9.17, 15) is 9.18 Å². The zero-order valence-corrected chi connectivity index (χ0v) is 12.0. The number of rotatable bonds is 5. The van der Waals surface area contributed by atoms with Crippen molar-refractivity contribution in [3.05, 3.63) is 71.0 Å². The first-order valence-electron chi connectivity index (χ1n) is 6.90. The lowest BCUT2D eigenvalue weighted by Gasteiger charge is -2.13. The first kappa shape index (κ1) is 15.2. The van der Waals surface area contributed by atoms with Crippen LogP contribution in [0.5, 0.6) is 0 Å². The Morgan fingerprint density at radius 2 is 1.95 bits per heavy atom. The third-order valence-electron chi connectivity index (χ3n) is 3.32. The Balaban J connectivity index is 1.85. The fourth-order valence-corrected chi connectivity index (χ4v) is 2.06. The predicted molar refractivity (Wildman–Crippen MR) is 81.2 cm³/mol. The number of aryl methyl sites for hydroxylation is 1. The molecule has 3 N–H and O–H groups in total. The van der Waals surface area contributed by atoms with Gasteiger partial charge in [-0.15, -0.1) is 0 Å². The van der Waals surface area contributed by atoms with E-state index in [0.29, 0.717) is 13.0 Å². The quantitative estimate of drug-likeness (QED) is 0.887. The van der Waals surface area contributed by atoms with E-state index in [2.05, 4.69) is 5.32 Å². The Hall–Kier alpha value is -2.20. The SMILES string of the molecule is Cc1ccc(C(N)C(=O)NCCc2cccc(F)c2)cc1. The van der Waals surface area contributed by atoms with Gasteiger partial charge in [0.05, 0.1) is 0 Å². The van der Waals surface area contributed by atoms with Gasteiger partial charge in [-0.1, -0.05) is 42.0 Å². The van der Waals surface area contributed by atoms with Crippen LogP contribution in [0.25, 0.3) is 0 Å². The maximum absolute atomic E-state index is 13.0. The minimum Gasteiger partial charge on any atom is -0.354 e. The van der Waals surface area contributed by atoms with Crippen LogP contribution in [0.3, 0.4) is 0 Å². The van der Waals surface area contributed by atoms with Crippen LogP contribution in [0, 0.1) is 12.7 Å². The molecule has 1 atom stereocenters. The molecule has 3 nitrogen and oxygen atoms in total. The lowest BCUT2D eigenvalue weighted by atomic mass is 10.1. The van der Waals surface area contributed by atoms with Gasteiger partial charge in [0.25, 0.3) is 0 Å². The van der Waals surface area contributed by atoms with Crippen LogP contribution in [-0.4, -0.2) is 12.5 Å². The minimum atomic E-state index is -0.682. The molecule has 0 aliphatic carbocycles. The molecule has 0 heterocycles. The second-order valence-electron chi connectivity index (χ2n) is 5.06. The Morgan fingerprint density at radius 3 is 2.62 bits per heavy atom. The van der Waals surface area contributed by atoms with Gasteiger partial charge in [-0.25, -0.2) is 4.39 Å². The first-order chi connectivity index (χ1) is 10.1. The summed E-state index contributed by atoms with van der Waals surface area (Å²) in [5.41, 5.74) is 8.67. The molecule has 4 heteroatoms. The van der Waals surface area contributed by atoms with Gasteiger partial charge in [0.2, 0.25) is 5.91 Å². The Kier molecular flexibility index (Phi) is 5.06. The fourth-order valence-electron chi connectivity index (χ4n) is 2.06. The summed E-state index contributed by atoms with van der Waals surface area (Å²) < 4.78 is 13.0. The van der Waals surface area contributed by atoms with Crippen molar-refractivity contribution >= 4 is 5.91 Å². The molecule has 0 saturated heterocycles. The van der Waals surface area contributed by atoms with E-state index in [-0.39, 0.29) is 11.7 Å². The second-order valence-corrected chi connectivity index (χ2v) is 5.06. The molecule has 0 spiro atoms. The highest BCUT2D eigenvalue weighted by Gasteiger charge is 2.14. The number of halogens is 1. The van der Waals surface area contributed by atoms with Crippen LogP contribution in [-0.2, 0) is 11.2 Å². The van der Waals surface area contributed by atoms with Gasteiger partial charge >= 0.3 is 0 Å². The highest BCUT2D eigenvalue weighted by molar-refractivity contribution is 5.82.